The van der Waals surface area contributed by atoms with Crippen molar-refractivity contribution >= 4 is 34.8 Å². The average molecular weight is 367 g/mol. The molecule has 24 heavy (non-hydrogen) atoms. The summed E-state index contributed by atoms with van der Waals surface area (Å²) in [5, 5.41) is 5.11. The fourth-order valence-corrected chi connectivity index (χ4v) is 2.40. The van der Waals surface area contributed by atoms with Crippen molar-refractivity contribution in [3.05, 3.63) is 57.6 Å². The first-order valence-electron chi connectivity index (χ1n) is 6.97. The highest BCUT2D eigenvalue weighted by molar-refractivity contribution is 6.36. The third-order valence-corrected chi connectivity index (χ3v) is 3.82. The fourth-order valence-electron chi connectivity index (χ4n) is 1.97. The number of amides is 1. The lowest BCUT2D eigenvalue weighted by Crippen LogP contribution is -2.19. The Labute approximate surface area is 150 Å². The average Bonchev–Trinajstić information content (AvgIpc) is 2.60. The number of ether oxygens (including phenoxy) is 2. The summed E-state index contributed by atoms with van der Waals surface area (Å²) >= 11 is 12.1. The molecule has 0 aliphatic heterocycles. The molecule has 0 saturated heterocycles. The van der Waals surface area contributed by atoms with E-state index in [1.54, 1.807) is 43.3 Å². The zero-order chi connectivity index (χ0) is 17.7. The quantitative estimate of drug-likeness (QED) is 0.638. The molecule has 0 aromatic heterocycles. The second-order valence-electron chi connectivity index (χ2n) is 4.86. The zero-order valence-electron chi connectivity index (χ0n) is 13.4. The Morgan fingerprint density at radius 3 is 2.25 bits per heavy atom. The molecule has 0 aliphatic carbocycles. The molecule has 2 rings (SSSR count). The Bertz CT molecular complexity index is 769. The monoisotopic (exact) mass is 366 g/mol. The lowest BCUT2D eigenvalue weighted by molar-refractivity contribution is 0.0954. The summed E-state index contributed by atoms with van der Waals surface area (Å²) in [6.45, 7) is 1.73. The van der Waals surface area contributed by atoms with E-state index in [1.165, 1.54) is 14.2 Å². The van der Waals surface area contributed by atoms with Crippen molar-refractivity contribution in [1.82, 2.24) is 5.43 Å². The first kappa shape index (κ1) is 18.1. The second-order valence-corrected chi connectivity index (χ2v) is 5.71. The minimum absolute atomic E-state index is 0.361. The Hall–Kier alpha value is -2.24. The van der Waals surface area contributed by atoms with E-state index in [0.717, 1.165) is 0 Å². The molecule has 0 aliphatic rings. The van der Waals surface area contributed by atoms with E-state index in [4.69, 9.17) is 32.7 Å². The molecule has 5 nitrogen and oxygen atoms in total. The summed E-state index contributed by atoms with van der Waals surface area (Å²) in [6.07, 6.45) is 0. The van der Waals surface area contributed by atoms with Crippen LogP contribution in [0.4, 0.5) is 0 Å². The molecule has 2 aromatic rings. The van der Waals surface area contributed by atoms with Crippen LogP contribution in [0.2, 0.25) is 10.0 Å². The number of nitrogens with zero attached hydrogens (tertiary/aromatic N) is 1. The van der Waals surface area contributed by atoms with Crippen molar-refractivity contribution in [3.63, 3.8) is 0 Å². The van der Waals surface area contributed by atoms with Gasteiger partial charge in [-0.1, -0.05) is 23.2 Å². The number of hydrogen-bond acceptors (Lipinski definition) is 4. The summed E-state index contributed by atoms with van der Waals surface area (Å²) in [4.78, 5) is 12.3. The van der Waals surface area contributed by atoms with Crippen molar-refractivity contribution in [1.29, 1.82) is 0 Å². The van der Waals surface area contributed by atoms with Gasteiger partial charge in [0.15, 0.2) is 0 Å². The molecule has 2 aromatic carbocycles. The number of benzene rings is 2. The highest BCUT2D eigenvalue weighted by Crippen LogP contribution is 2.23. The number of methoxy groups -OCH3 is 2. The predicted octanol–water partition coefficient (Wildman–Crippen LogP) is 4.16. The van der Waals surface area contributed by atoms with E-state index in [2.05, 4.69) is 10.5 Å². The van der Waals surface area contributed by atoms with Crippen molar-refractivity contribution in [3.8, 4) is 11.5 Å². The molecule has 7 heteroatoms. The Balaban J connectivity index is 2.22. The maximum atomic E-state index is 12.3. The highest BCUT2D eigenvalue weighted by Gasteiger charge is 2.10. The number of carbonyl (C=O) groups is 1. The van der Waals surface area contributed by atoms with Crippen LogP contribution in [0, 0.1) is 0 Å². The molecular formula is C17H16Cl2N2O3. The van der Waals surface area contributed by atoms with E-state index in [1.807, 2.05) is 0 Å². The largest absolute Gasteiger partial charge is 0.497 e. The summed E-state index contributed by atoms with van der Waals surface area (Å²) in [5.74, 6) is 0.626. The number of rotatable bonds is 5. The van der Waals surface area contributed by atoms with E-state index < -0.39 is 5.91 Å². The topological polar surface area (TPSA) is 59.9 Å². The molecule has 0 atom stereocenters. The molecule has 0 fully saturated rings. The first-order valence-corrected chi connectivity index (χ1v) is 7.73. The van der Waals surface area contributed by atoms with Gasteiger partial charge in [0.2, 0.25) is 0 Å². The van der Waals surface area contributed by atoms with Gasteiger partial charge in [-0.05, 0) is 37.3 Å². The van der Waals surface area contributed by atoms with Crippen LogP contribution in [0.15, 0.2) is 41.5 Å². The van der Waals surface area contributed by atoms with Gasteiger partial charge in [0, 0.05) is 27.2 Å². The van der Waals surface area contributed by atoms with Gasteiger partial charge in [0.25, 0.3) is 5.91 Å². The molecule has 1 amide bonds. The molecule has 126 valence electrons. The van der Waals surface area contributed by atoms with Gasteiger partial charge >= 0.3 is 0 Å². The Morgan fingerprint density at radius 2 is 1.67 bits per heavy atom. The van der Waals surface area contributed by atoms with E-state index in [0.29, 0.717) is 38.4 Å². The fraction of sp³-hybridized carbons (Fsp3) is 0.176. The minimum Gasteiger partial charge on any atom is -0.497 e. The number of carbonyl (C=O) groups excluding carboxylic acids is 1. The van der Waals surface area contributed by atoms with Crippen LogP contribution in [0.3, 0.4) is 0 Å². The van der Waals surface area contributed by atoms with Gasteiger partial charge in [-0.25, -0.2) is 5.43 Å². The standard InChI is InChI=1S/C17H16Cl2N2O3/c1-10(15-8-12(18)4-5-16(15)19)20-21-17(22)11-6-13(23-2)9-14(7-11)24-3/h4-9H,1-3H3,(H,21,22)/b20-10-. The van der Waals surface area contributed by atoms with Gasteiger partial charge in [-0.15, -0.1) is 0 Å². The number of hydrazone groups is 1. The van der Waals surface area contributed by atoms with E-state index >= 15 is 0 Å². The molecular weight excluding hydrogens is 351 g/mol. The van der Waals surface area contributed by atoms with Crippen LogP contribution in [0.1, 0.15) is 22.8 Å². The lowest BCUT2D eigenvalue weighted by atomic mass is 10.1. The van der Waals surface area contributed by atoms with Crippen LogP contribution in [-0.4, -0.2) is 25.8 Å². The molecule has 0 heterocycles. The van der Waals surface area contributed by atoms with Crippen LogP contribution >= 0.6 is 23.2 Å². The first-order chi connectivity index (χ1) is 11.4. The summed E-state index contributed by atoms with van der Waals surface area (Å²) in [7, 11) is 3.03. The van der Waals surface area contributed by atoms with Gasteiger partial charge in [0.05, 0.1) is 19.9 Å². The maximum Gasteiger partial charge on any atom is 0.271 e. The summed E-state index contributed by atoms with van der Waals surface area (Å²) in [6, 6.07) is 9.90. The zero-order valence-corrected chi connectivity index (χ0v) is 14.9. The van der Waals surface area contributed by atoms with Gasteiger partial charge < -0.3 is 9.47 Å². The van der Waals surface area contributed by atoms with Crippen LogP contribution < -0.4 is 14.9 Å². The van der Waals surface area contributed by atoms with Gasteiger partial charge in [-0.3, -0.25) is 4.79 Å². The van der Waals surface area contributed by atoms with Crippen LogP contribution in [-0.2, 0) is 0 Å². The van der Waals surface area contributed by atoms with E-state index in [9.17, 15) is 4.79 Å². The maximum absolute atomic E-state index is 12.3. The predicted molar refractivity (Wildman–Crippen MR) is 95.7 cm³/mol. The summed E-state index contributed by atoms with van der Waals surface area (Å²) in [5.41, 5.74) is 4.02. The van der Waals surface area contributed by atoms with Crippen molar-refractivity contribution < 1.29 is 14.3 Å². The van der Waals surface area contributed by atoms with Crippen molar-refractivity contribution in [2.24, 2.45) is 5.10 Å². The SMILES string of the molecule is COc1cc(OC)cc(C(=O)N/N=C(/C)c2cc(Cl)ccc2Cl)c1. The van der Waals surface area contributed by atoms with Crippen LogP contribution in [0.25, 0.3) is 0 Å². The molecule has 0 unspecified atom stereocenters. The third-order valence-electron chi connectivity index (χ3n) is 3.26. The number of halogens is 2. The number of hydrogen-bond donors (Lipinski definition) is 1. The molecule has 1 N–H and O–H groups in total. The smallest absolute Gasteiger partial charge is 0.271 e. The van der Waals surface area contributed by atoms with Gasteiger partial charge in [-0.2, -0.15) is 5.10 Å². The van der Waals surface area contributed by atoms with Crippen LogP contribution in [0.5, 0.6) is 11.5 Å². The Morgan fingerprint density at radius 1 is 1.04 bits per heavy atom. The van der Waals surface area contributed by atoms with Gasteiger partial charge in [0.1, 0.15) is 11.5 Å². The molecule has 0 bridgehead atoms. The molecule has 0 radical (unpaired) electrons. The van der Waals surface area contributed by atoms with Crippen molar-refractivity contribution in [2.75, 3.05) is 14.2 Å². The molecule has 0 saturated carbocycles. The number of nitrogens with one attached hydrogen (secondary N) is 1. The Kier molecular flexibility index (Phi) is 6.06. The van der Waals surface area contributed by atoms with E-state index in [-0.39, 0.29) is 0 Å². The lowest BCUT2D eigenvalue weighted by Gasteiger charge is -2.08. The minimum atomic E-state index is -0.398. The third kappa shape index (κ3) is 4.40. The highest BCUT2D eigenvalue weighted by atomic mass is 35.5. The molecule has 0 spiro atoms. The summed E-state index contributed by atoms with van der Waals surface area (Å²) < 4.78 is 10.3. The second kappa shape index (κ2) is 8.04. The normalized spacial score (nSPS) is 11.1. The van der Waals surface area contributed by atoms with Crippen molar-refractivity contribution in [2.45, 2.75) is 6.92 Å².